The molecule has 25 heteroatoms. The number of primary amides is 1. The van der Waals surface area contributed by atoms with Gasteiger partial charge in [-0.2, -0.15) is 12.6 Å². The van der Waals surface area contributed by atoms with Crippen LogP contribution in [0, 0.1) is 11.8 Å². The Kier molecular flexibility index (Phi) is 23.6. The van der Waals surface area contributed by atoms with Gasteiger partial charge < -0.3 is 58.5 Å². The van der Waals surface area contributed by atoms with E-state index in [1.807, 2.05) is 0 Å². The molecule has 1 aromatic rings. The van der Waals surface area contributed by atoms with Crippen LogP contribution in [0.3, 0.4) is 0 Å². The van der Waals surface area contributed by atoms with Crippen molar-refractivity contribution in [2.75, 3.05) is 31.4 Å². The van der Waals surface area contributed by atoms with Crippen molar-refractivity contribution < 1.29 is 63.0 Å². The lowest BCUT2D eigenvalue weighted by atomic mass is 9.99. The van der Waals surface area contributed by atoms with Gasteiger partial charge in [-0.15, -0.1) is 0 Å². The number of amides is 9. The largest absolute Gasteiger partial charge is 0.394 e. The second-order valence-electron chi connectivity index (χ2n) is 15.8. The summed E-state index contributed by atoms with van der Waals surface area (Å²) in [5, 5.41) is 40.7. The number of thiol groups is 1. The van der Waals surface area contributed by atoms with Crippen molar-refractivity contribution in [2.24, 2.45) is 17.6 Å². The van der Waals surface area contributed by atoms with E-state index in [0.717, 1.165) is 0 Å². The lowest BCUT2D eigenvalue weighted by Crippen LogP contribution is -2.61. The van der Waals surface area contributed by atoms with Gasteiger partial charge in [0.1, 0.15) is 48.3 Å². The Morgan fingerprint density at radius 1 is 0.677 bits per heavy atom. The van der Waals surface area contributed by atoms with Gasteiger partial charge in [0, 0.05) is 12.2 Å². The zero-order chi connectivity index (χ0) is 49.0. The van der Waals surface area contributed by atoms with Gasteiger partial charge in [-0.05, 0) is 30.7 Å². The first-order valence-electron chi connectivity index (χ1n) is 20.6. The van der Waals surface area contributed by atoms with Crippen LogP contribution in [-0.2, 0) is 59.2 Å². The van der Waals surface area contributed by atoms with Gasteiger partial charge >= 0.3 is 0 Å². The minimum absolute atomic E-state index is 0.00760. The summed E-state index contributed by atoms with van der Waals surface area (Å²) in [6.45, 7) is 5.34. The van der Waals surface area contributed by atoms with Crippen LogP contribution in [-0.4, -0.2) is 154 Å². The number of nitrogens with one attached hydrogen (secondary N) is 9. The van der Waals surface area contributed by atoms with Crippen LogP contribution in [0.25, 0.3) is 0 Å². The van der Waals surface area contributed by atoms with Crippen molar-refractivity contribution in [3.63, 3.8) is 0 Å². The minimum atomic E-state index is -1.76. The molecule has 0 bridgehead atoms. The molecule has 0 saturated carbocycles. The number of hydrogen-bond donors (Lipinski definition) is 13. The van der Waals surface area contributed by atoms with Crippen LogP contribution in [0.1, 0.15) is 53.0 Å². The highest BCUT2D eigenvalue weighted by molar-refractivity contribution is 8.15. The topological polar surface area (TPSA) is 363 Å². The van der Waals surface area contributed by atoms with Crippen molar-refractivity contribution in [2.45, 2.75) is 102 Å². The summed E-state index contributed by atoms with van der Waals surface area (Å²) in [6.07, 6.45) is -0.876. The Hall–Kier alpha value is -5.63. The first kappa shape index (κ1) is 55.5. The summed E-state index contributed by atoms with van der Waals surface area (Å²) in [5.41, 5.74) is 5.90. The average molecular weight is 953 g/mol. The first-order valence-corrected chi connectivity index (χ1v) is 22.2. The molecule has 13 N–H and O–H groups in total. The lowest BCUT2D eigenvalue weighted by Gasteiger charge is -2.27. The smallest absolute Gasteiger partial charge is 0.258 e. The molecule has 360 valence electrons. The number of aliphatic hydroxyl groups excluding tert-OH is 2. The van der Waals surface area contributed by atoms with Crippen molar-refractivity contribution in [3.8, 4) is 0 Å². The van der Waals surface area contributed by atoms with Crippen molar-refractivity contribution in [3.05, 3.63) is 35.9 Å². The van der Waals surface area contributed by atoms with Gasteiger partial charge in [-0.3, -0.25) is 58.1 Å². The molecule has 1 fully saturated rings. The normalized spacial score (nSPS) is 26.1. The van der Waals surface area contributed by atoms with Crippen LogP contribution in [0.4, 0.5) is 0 Å². The van der Waals surface area contributed by atoms with Crippen molar-refractivity contribution in [1.82, 2.24) is 47.9 Å². The fourth-order valence-corrected chi connectivity index (χ4v) is 6.91. The number of aliphatic hydroxyl groups is 2. The summed E-state index contributed by atoms with van der Waals surface area (Å²) in [7, 11) is 0. The molecule has 0 unspecified atom stereocenters. The highest BCUT2D eigenvalue weighted by atomic mass is 32.2. The maximum atomic E-state index is 13.8. The summed E-state index contributed by atoms with van der Waals surface area (Å²) in [5.74, 6) is -11.3. The second kappa shape index (κ2) is 27.6. The third kappa shape index (κ3) is 18.8. The fourth-order valence-electron chi connectivity index (χ4n) is 6.04. The number of carbonyl (C=O) groups excluding carboxylic acids is 11. The quantitative estimate of drug-likeness (QED) is 0.0772. The lowest BCUT2D eigenvalue weighted by molar-refractivity contribution is -0.137. The SMILES string of the molecule is CC(C)C[C@@H]1NC(=O)[C@H](CO)NC(=O)[C@H](CO)NC(=O)[C@H](CS)NC(=O)[C@H](C)NC(=O)[C@H](CC(N)=O)NC(=O)[C@H](C(C)C)NC(=O)CNCSC(=O)C(=O)[C@H](Cc2ccccc2)NC1=O. The molecule has 1 heterocycles. The molecule has 65 heavy (non-hydrogen) atoms. The number of hydrogen-bond acceptors (Lipinski definition) is 16. The Morgan fingerprint density at radius 2 is 1.17 bits per heavy atom. The minimum Gasteiger partial charge on any atom is -0.394 e. The van der Waals surface area contributed by atoms with Gasteiger partial charge in [0.15, 0.2) is 0 Å². The zero-order valence-electron chi connectivity index (χ0n) is 36.6. The Labute approximate surface area is 385 Å². The average Bonchev–Trinajstić information content (AvgIpc) is 3.25. The maximum Gasteiger partial charge on any atom is 0.258 e. The van der Waals surface area contributed by atoms with E-state index in [1.54, 1.807) is 58.0 Å². The Balaban J connectivity index is 2.52. The van der Waals surface area contributed by atoms with Gasteiger partial charge in [-0.25, -0.2) is 0 Å². The Morgan fingerprint density at radius 3 is 1.69 bits per heavy atom. The predicted molar refractivity (Wildman–Crippen MR) is 238 cm³/mol. The highest BCUT2D eigenvalue weighted by Gasteiger charge is 2.35. The van der Waals surface area contributed by atoms with Crippen LogP contribution in [0.5, 0.6) is 0 Å². The number of rotatable bonds is 10. The van der Waals surface area contributed by atoms with E-state index in [2.05, 4.69) is 60.5 Å². The monoisotopic (exact) mass is 952 g/mol. The molecule has 2 rings (SSSR count). The van der Waals surface area contributed by atoms with Gasteiger partial charge in [-0.1, -0.05) is 69.8 Å². The number of ketones is 1. The van der Waals surface area contributed by atoms with Crippen LogP contribution < -0.4 is 53.6 Å². The summed E-state index contributed by atoms with van der Waals surface area (Å²) < 4.78 is 0. The summed E-state index contributed by atoms with van der Waals surface area (Å²) in [6, 6.07) is -3.73. The first-order chi connectivity index (χ1) is 30.6. The van der Waals surface area contributed by atoms with Crippen molar-refractivity contribution in [1.29, 1.82) is 0 Å². The molecule has 1 aromatic carbocycles. The van der Waals surface area contributed by atoms with E-state index >= 15 is 0 Å². The molecule has 0 spiro atoms. The molecule has 1 aliphatic rings. The number of carbonyl (C=O) groups is 11. The van der Waals surface area contributed by atoms with E-state index < -0.39 is 144 Å². The van der Waals surface area contributed by atoms with Gasteiger partial charge in [0.25, 0.3) is 5.12 Å². The molecule has 9 amide bonds. The number of benzene rings is 1. The third-order valence-corrected chi connectivity index (χ3v) is 10.7. The van der Waals surface area contributed by atoms with Crippen molar-refractivity contribution >= 4 is 88.5 Å². The highest BCUT2D eigenvalue weighted by Crippen LogP contribution is 2.12. The maximum absolute atomic E-state index is 13.8. The fraction of sp³-hybridized carbons (Fsp3) is 0.575. The van der Waals surface area contributed by atoms with E-state index in [4.69, 9.17) is 5.73 Å². The van der Waals surface area contributed by atoms with E-state index in [1.165, 1.54) is 6.92 Å². The summed E-state index contributed by atoms with van der Waals surface area (Å²) >= 11 is 4.57. The summed E-state index contributed by atoms with van der Waals surface area (Å²) in [4.78, 5) is 145. The molecule has 1 aliphatic heterocycles. The van der Waals surface area contributed by atoms with Gasteiger partial charge in [0.2, 0.25) is 58.9 Å². The molecule has 8 atom stereocenters. The number of thioether (sulfide) groups is 1. The molecule has 0 radical (unpaired) electrons. The predicted octanol–water partition coefficient (Wildman–Crippen LogP) is -4.99. The van der Waals surface area contributed by atoms with E-state index in [9.17, 15) is 63.0 Å². The second-order valence-corrected chi connectivity index (χ2v) is 17.1. The molecule has 23 nitrogen and oxygen atoms in total. The Bertz CT molecular complexity index is 1890. The van der Waals surface area contributed by atoms with Crippen LogP contribution in [0.15, 0.2) is 30.3 Å². The molecule has 1 saturated heterocycles. The molecule has 0 aliphatic carbocycles. The zero-order valence-corrected chi connectivity index (χ0v) is 38.3. The number of Topliss-reactive ketones (excluding diaryl/α,β-unsaturated/α-hetero) is 1. The van der Waals surface area contributed by atoms with Crippen LogP contribution >= 0.6 is 24.4 Å². The molecule has 0 aromatic heterocycles. The van der Waals surface area contributed by atoms with Crippen LogP contribution in [0.2, 0.25) is 0 Å². The standard InChI is InChI=1S/C40H60N10O13S2/c1-19(2)11-24-35(58)44-23(12-22-9-7-6-8-10-22)32(55)40(63)65-18-42-14-30(54)50-31(20(3)4)39(62)46-25(13-29(41)53)34(57)43-21(5)33(56)49-28(17-64)38(61)48-27(16-52)37(60)47-26(15-51)36(59)45-24/h6-10,19-21,23-28,31,42,51-52,64H,11-18H2,1-5H3,(H2,41,53)(H,43,57)(H,44,58)(H,45,59)(H,46,62)(H,47,60)(H,48,61)(H,49,56)(H,50,54)/t21-,23-,24-,25-,26-,27-,28-,31-/m0/s1. The molecular weight excluding hydrogens is 893 g/mol. The van der Waals surface area contributed by atoms with Gasteiger partial charge in [0.05, 0.1) is 32.1 Å². The third-order valence-electron chi connectivity index (χ3n) is 9.55. The number of nitrogens with two attached hydrogens (primary N) is 1. The van der Waals surface area contributed by atoms with E-state index in [0.29, 0.717) is 17.3 Å². The molecular formula is C40H60N10O13S2. The van der Waals surface area contributed by atoms with E-state index in [-0.39, 0.29) is 30.4 Å².